The van der Waals surface area contributed by atoms with Gasteiger partial charge in [-0.1, -0.05) is 16.6 Å². The van der Waals surface area contributed by atoms with Gasteiger partial charge in [0.05, 0.1) is 23.2 Å². The Balaban J connectivity index is 2.28. The van der Waals surface area contributed by atoms with Crippen molar-refractivity contribution in [1.29, 1.82) is 0 Å². The molecule has 0 bridgehead atoms. The first kappa shape index (κ1) is 12.0. The second kappa shape index (κ2) is 5.25. The van der Waals surface area contributed by atoms with E-state index in [1.54, 1.807) is 0 Å². The number of aryl methyl sites for hydroxylation is 1. The highest BCUT2D eigenvalue weighted by Crippen LogP contribution is 2.26. The third-order valence-electron chi connectivity index (χ3n) is 2.50. The molecule has 2 rings (SSSR count). The standard InChI is InChI=1S/C12H15N3OS/c1-3-16-10-6-4-5-9(7-10)11(13)12-8(2)14-15-17-12/h4-7,11H,3,13H2,1-2H3. The monoisotopic (exact) mass is 249 g/mol. The van der Waals surface area contributed by atoms with E-state index in [0.717, 1.165) is 21.9 Å². The Bertz CT molecular complexity index is 498. The van der Waals surface area contributed by atoms with Gasteiger partial charge in [-0.05, 0) is 43.1 Å². The van der Waals surface area contributed by atoms with Crippen molar-refractivity contribution in [1.82, 2.24) is 9.59 Å². The fourth-order valence-electron chi connectivity index (χ4n) is 1.64. The van der Waals surface area contributed by atoms with Crippen molar-refractivity contribution in [2.24, 2.45) is 5.73 Å². The number of aromatic nitrogens is 2. The molecule has 0 aliphatic carbocycles. The summed E-state index contributed by atoms with van der Waals surface area (Å²) in [5.41, 5.74) is 8.11. The maximum absolute atomic E-state index is 6.20. The summed E-state index contributed by atoms with van der Waals surface area (Å²) in [6, 6.07) is 7.65. The van der Waals surface area contributed by atoms with Crippen molar-refractivity contribution in [2.45, 2.75) is 19.9 Å². The lowest BCUT2D eigenvalue weighted by molar-refractivity contribution is 0.340. The van der Waals surface area contributed by atoms with Crippen LogP contribution in [0.15, 0.2) is 24.3 Å². The summed E-state index contributed by atoms with van der Waals surface area (Å²) in [7, 11) is 0. The molecule has 2 N–H and O–H groups in total. The molecule has 0 aliphatic heterocycles. The van der Waals surface area contributed by atoms with Crippen molar-refractivity contribution in [2.75, 3.05) is 6.61 Å². The van der Waals surface area contributed by atoms with Crippen LogP contribution in [0.4, 0.5) is 0 Å². The summed E-state index contributed by atoms with van der Waals surface area (Å²) < 4.78 is 9.37. The van der Waals surface area contributed by atoms with Gasteiger partial charge in [-0.3, -0.25) is 0 Å². The fourth-order valence-corrected chi connectivity index (χ4v) is 2.31. The fraction of sp³-hybridized carbons (Fsp3) is 0.333. The van der Waals surface area contributed by atoms with E-state index in [4.69, 9.17) is 10.5 Å². The Morgan fingerprint density at radius 2 is 2.29 bits per heavy atom. The minimum atomic E-state index is -0.185. The molecule has 1 atom stereocenters. The number of hydrogen-bond donors (Lipinski definition) is 1. The van der Waals surface area contributed by atoms with Crippen molar-refractivity contribution < 1.29 is 4.74 Å². The van der Waals surface area contributed by atoms with Gasteiger partial charge in [0.2, 0.25) is 0 Å². The summed E-state index contributed by atoms with van der Waals surface area (Å²) in [5, 5.41) is 3.98. The Morgan fingerprint density at radius 3 is 2.94 bits per heavy atom. The van der Waals surface area contributed by atoms with E-state index in [1.807, 2.05) is 38.1 Å². The molecule has 2 aromatic rings. The van der Waals surface area contributed by atoms with Crippen LogP contribution in [-0.4, -0.2) is 16.2 Å². The third kappa shape index (κ3) is 2.62. The second-order valence-electron chi connectivity index (χ2n) is 3.71. The zero-order valence-electron chi connectivity index (χ0n) is 9.88. The second-order valence-corrected chi connectivity index (χ2v) is 4.49. The molecule has 0 saturated heterocycles. The topological polar surface area (TPSA) is 61.0 Å². The van der Waals surface area contributed by atoms with Gasteiger partial charge in [0.25, 0.3) is 0 Å². The van der Waals surface area contributed by atoms with Crippen molar-refractivity contribution >= 4 is 11.5 Å². The number of nitrogens with two attached hydrogens (primary N) is 1. The van der Waals surface area contributed by atoms with Gasteiger partial charge in [-0.2, -0.15) is 0 Å². The molecular weight excluding hydrogens is 234 g/mol. The van der Waals surface area contributed by atoms with Crippen molar-refractivity contribution in [3.05, 3.63) is 40.4 Å². The maximum Gasteiger partial charge on any atom is 0.119 e. The van der Waals surface area contributed by atoms with Crippen molar-refractivity contribution in [3.63, 3.8) is 0 Å². The molecule has 0 radical (unpaired) electrons. The Kier molecular flexibility index (Phi) is 3.71. The van der Waals surface area contributed by atoms with Crippen LogP contribution in [0.5, 0.6) is 5.75 Å². The summed E-state index contributed by atoms with van der Waals surface area (Å²) in [6.07, 6.45) is 0. The number of nitrogens with zero attached hydrogens (tertiary/aromatic N) is 2. The molecule has 0 aliphatic rings. The number of hydrogen-bond acceptors (Lipinski definition) is 5. The highest BCUT2D eigenvalue weighted by molar-refractivity contribution is 7.05. The lowest BCUT2D eigenvalue weighted by atomic mass is 10.1. The van der Waals surface area contributed by atoms with E-state index in [0.29, 0.717) is 6.61 Å². The summed E-state index contributed by atoms with van der Waals surface area (Å²) >= 11 is 1.34. The van der Waals surface area contributed by atoms with Gasteiger partial charge in [0.15, 0.2) is 0 Å². The summed E-state index contributed by atoms with van der Waals surface area (Å²) in [6.45, 7) is 4.54. The number of rotatable bonds is 4. The predicted molar refractivity (Wildman–Crippen MR) is 68.3 cm³/mol. The average Bonchev–Trinajstić information content (AvgIpc) is 2.75. The largest absolute Gasteiger partial charge is 0.494 e. The first-order chi connectivity index (χ1) is 8.22. The quantitative estimate of drug-likeness (QED) is 0.903. The average molecular weight is 249 g/mol. The lowest BCUT2D eigenvalue weighted by Crippen LogP contribution is -2.11. The van der Waals surface area contributed by atoms with Gasteiger partial charge >= 0.3 is 0 Å². The van der Waals surface area contributed by atoms with Gasteiger partial charge in [-0.25, -0.2) is 0 Å². The maximum atomic E-state index is 6.20. The van der Waals surface area contributed by atoms with E-state index < -0.39 is 0 Å². The number of ether oxygens (including phenoxy) is 1. The molecule has 90 valence electrons. The van der Waals surface area contributed by atoms with Crippen LogP contribution in [0.2, 0.25) is 0 Å². The Hall–Kier alpha value is -1.46. The van der Waals surface area contributed by atoms with Gasteiger partial charge < -0.3 is 10.5 Å². The molecule has 1 aromatic heterocycles. The normalized spacial score (nSPS) is 12.4. The SMILES string of the molecule is CCOc1cccc(C(N)c2snnc2C)c1. The van der Waals surface area contributed by atoms with Gasteiger partial charge in [0, 0.05) is 0 Å². The van der Waals surface area contributed by atoms with E-state index in [9.17, 15) is 0 Å². The summed E-state index contributed by atoms with van der Waals surface area (Å²) in [5.74, 6) is 0.843. The molecule has 5 heteroatoms. The highest BCUT2D eigenvalue weighted by atomic mass is 32.1. The summed E-state index contributed by atoms with van der Waals surface area (Å²) in [4.78, 5) is 0.999. The van der Waals surface area contributed by atoms with E-state index >= 15 is 0 Å². The van der Waals surface area contributed by atoms with Gasteiger partial charge in [0.1, 0.15) is 5.75 Å². The molecule has 0 saturated carbocycles. The number of benzene rings is 1. The zero-order chi connectivity index (χ0) is 12.3. The molecule has 1 aromatic carbocycles. The predicted octanol–water partition coefficient (Wildman–Crippen LogP) is 2.29. The van der Waals surface area contributed by atoms with Crippen LogP contribution >= 0.6 is 11.5 Å². The van der Waals surface area contributed by atoms with Crippen LogP contribution < -0.4 is 10.5 Å². The van der Waals surface area contributed by atoms with E-state index in [2.05, 4.69) is 9.59 Å². The Labute approximate surface area is 105 Å². The molecule has 0 amide bonds. The first-order valence-corrected chi connectivity index (χ1v) is 6.27. The van der Waals surface area contributed by atoms with Crippen LogP contribution in [0.25, 0.3) is 0 Å². The molecule has 4 nitrogen and oxygen atoms in total. The van der Waals surface area contributed by atoms with E-state index in [-0.39, 0.29) is 6.04 Å². The minimum Gasteiger partial charge on any atom is -0.494 e. The molecule has 0 spiro atoms. The van der Waals surface area contributed by atoms with E-state index in [1.165, 1.54) is 11.5 Å². The molecular formula is C12H15N3OS. The highest BCUT2D eigenvalue weighted by Gasteiger charge is 2.15. The van der Waals surface area contributed by atoms with Crippen LogP contribution in [0, 0.1) is 6.92 Å². The molecule has 0 fully saturated rings. The molecule has 1 unspecified atom stereocenters. The lowest BCUT2D eigenvalue weighted by Gasteiger charge is -2.11. The van der Waals surface area contributed by atoms with Crippen LogP contribution in [0.1, 0.15) is 29.1 Å². The van der Waals surface area contributed by atoms with Gasteiger partial charge in [-0.15, -0.1) is 5.10 Å². The van der Waals surface area contributed by atoms with Crippen LogP contribution in [-0.2, 0) is 0 Å². The van der Waals surface area contributed by atoms with Crippen LogP contribution in [0.3, 0.4) is 0 Å². The van der Waals surface area contributed by atoms with Crippen molar-refractivity contribution in [3.8, 4) is 5.75 Å². The molecule has 17 heavy (non-hydrogen) atoms. The minimum absolute atomic E-state index is 0.185. The first-order valence-electron chi connectivity index (χ1n) is 5.49. The third-order valence-corrected chi connectivity index (χ3v) is 3.41. The smallest absolute Gasteiger partial charge is 0.119 e. The molecule has 1 heterocycles. The zero-order valence-corrected chi connectivity index (χ0v) is 10.7. The Morgan fingerprint density at radius 1 is 1.47 bits per heavy atom.